The van der Waals surface area contributed by atoms with Crippen molar-refractivity contribution in [3.63, 3.8) is 0 Å². The van der Waals surface area contributed by atoms with Crippen molar-refractivity contribution in [2.45, 2.75) is 38.1 Å². The van der Waals surface area contributed by atoms with Crippen molar-refractivity contribution in [2.24, 2.45) is 0 Å². The summed E-state index contributed by atoms with van der Waals surface area (Å²) in [7, 11) is 0. The zero-order valence-electron chi connectivity index (χ0n) is 16.7. The first kappa shape index (κ1) is 25.7. The molecule has 0 bridgehead atoms. The normalized spacial score (nSPS) is 19.8. The molecule has 2 aliphatic rings. The number of benzene rings is 1. The predicted molar refractivity (Wildman–Crippen MR) is 120 cm³/mol. The second-order valence-electron chi connectivity index (χ2n) is 7.29. The molecule has 0 radical (unpaired) electrons. The highest BCUT2D eigenvalue weighted by Crippen LogP contribution is 2.15. The maximum absolute atomic E-state index is 12.2. The molecule has 2 saturated heterocycles. The number of likely N-dealkylation sites (tertiary alicyclic amines) is 1. The summed E-state index contributed by atoms with van der Waals surface area (Å²) < 4.78 is 5.36. The van der Waals surface area contributed by atoms with Crippen molar-refractivity contribution in [3.05, 3.63) is 24.3 Å². The van der Waals surface area contributed by atoms with E-state index in [-0.39, 0.29) is 42.7 Å². The van der Waals surface area contributed by atoms with Gasteiger partial charge in [0.2, 0.25) is 11.8 Å². The highest BCUT2D eigenvalue weighted by atomic mass is 35.5. The van der Waals surface area contributed by atoms with Crippen molar-refractivity contribution in [3.8, 4) is 0 Å². The SMILES string of the molecule is Cl.Cl.O=C(CC1COCCN1)Nc1ccc(NC(=O)CN2CCCCCC2)cc1. The number of rotatable bonds is 6. The maximum atomic E-state index is 12.2. The number of amides is 2. The Kier molecular flexibility index (Phi) is 12.2. The lowest BCUT2D eigenvalue weighted by Gasteiger charge is -2.23. The van der Waals surface area contributed by atoms with Crippen molar-refractivity contribution in [2.75, 3.05) is 50.0 Å². The Morgan fingerprint density at radius 1 is 0.966 bits per heavy atom. The fourth-order valence-electron chi connectivity index (χ4n) is 3.52. The standard InChI is InChI=1S/C20H30N4O3.2ClH/c25-19(13-18-15-27-12-9-21-18)22-16-5-7-17(8-6-16)23-20(26)14-24-10-3-1-2-4-11-24;;/h5-8,18,21H,1-4,9-15H2,(H,22,25)(H,23,26);2*1H. The summed E-state index contributed by atoms with van der Waals surface area (Å²) in [6.07, 6.45) is 5.24. The molecule has 3 rings (SSSR count). The van der Waals surface area contributed by atoms with E-state index in [0.717, 1.165) is 31.0 Å². The fourth-order valence-corrected chi connectivity index (χ4v) is 3.52. The van der Waals surface area contributed by atoms with Gasteiger partial charge in [0.15, 0.2) is 0 Å². The van der Waals surface area contributed by atoms with Crippen molar-refractivity contribution < 1.29 is 14.3 Å². The molecular formula is C20H32Cl2N4O3. The lowest BCUT2D eigenvalue weighted by atomic mass is 10.2. The smallest absolute Gasteiger partial charge is 0.238 e. The van der Waals surface area contributed by atoms with Crippen LogP contribution in [0, 0.1) is 0 Å². The molecule has 0 spiro atoms. The topological polar surface area (TPSA) is 82.7 Å². The minimum absolute atomic E-state index is 0. The van der Waals surface area contributed by atoms with E-state index in [9.17, 15) is 9.59 Å². The Labute approximate surface area is 185 Å². The Balaban J connectivity index is 0.00000210. The number of morpholine rings is 1. The maximum Gasteiger partial charge on any atom is 0.238 e. The van der Waals surface area contributed by atoms with Crippen LogP contribution in [0.25, 0.3) is 0 Å². The first-order chi connectivity index (χ1) is 13.2. The van der Waals surface area contributed by atoms with Crippen LogP contribution >= 0.6 is 24.8 Å². The fraction of sp³-hybridized carbons (Fsp3) is 0.600. The van der Waals surface area contributed by atoms with Gasteiger partial charge in [0, 0.05) is 30.4 Å². The molecule has 7 nitrogen and oxygen atoms in total. The highest BCUT2D eigenvalue weighted by molar-refractivity contribution is 5.94. The van der Waals surface area contributed by atoms with Gasteiger partial charge in [0.25, 0.3) is 0 Å². The van der Waals surface area contributed by atoms with Crippen LogP contribution in [0.2, 0.25) is 0 Å². The molecule has 9 heteroatoms. The van der Waals surface area contributed by atoms with E-state index in [1.54, 1.807) is 0 Å². The summed E-state index contributed by atoms with van der Waals surface area (Å²) in [5, 5.41) is 9.09. The molecule has 1 unspecified atom stereocenters. The van der Waals surface area contributed by atoms with Crippen molar-refractivity contribution in [1.29, 1.82) is 0 Å². The Bertz CT molecular complexity index is 617. The second kappa shape index (κ2) is 13.8. The molecule has 1 aromatic carbocycles. The van der Waals surface area contributed by atoms with Crippen LogP contribution in [0.15, 0.2) is 24.3 Å². The van der Waals surface area contributed by atoms with Crippen LogP contribution < -0.4 is 16.0 Å². The van der Waals surface area contributed by atoms with Gasteiger partial charge in [-0.3, -0.25) is 14.5 Å². The molecule has 3 N–H and O–H groups in total. The molecule has 2 aliphatic heterocycles. The highest BCUT2D eigenvalue weighted by Gasteiger charge is 2.17. The largest absolute Gasteiger partial charge is 0.378 e. The number of carbonyl (C=O) groups excluding carboxylic acids is 2. The summed E-state index contributed by atoms with van der Waals surface area (Å²) in [6, 6.07) is 7.32. The molecule has 164 valence electrons. The number of nitrogens with zero attached hydrogens (tertiary/aromatic N) is 1. The third kappa shape index (κ3) is 9.31. The number of ether oxygens (including phenoxy) is 1. The summed E-state index contributed by atoms with van der Waals surface area (Å²) in [5.41, 5.74) is 1.47. The van der Waals surface area contributed by atoms with Crippen LogP contribution in [0.5, 0.6) is 0 Å². The van der Waals surface area contributed by atoms with Gasteiger partial charge in [-0.15, -0.1) is 24.8 Å². The molecule has 2 heterocycles. The van der Waals surface area contributed by atoms with E-state index in [1.807, 2.05) is 24.3 Å². The van der Waals surface area contributed by atoms with Crippen LogP contribution in [-0.2, 0) is 14.3 Å². The zero-order chi connectivity index (χ0) is 18.9. The molecule has 0 saturated carbocycles. The molecule has 1 aromatic rings. The average molecular weight is 447 g/mol. The monoisotopic (exact) mass is 446 g/mol. The van der Waals surface area contributed by atoms with E-state index in [2.05, 4.69) is 20.9 Å². The number of carbonyl (C=O) groups is 2. The number of halogens is 2. The van der Waals surface area contributed by atoms with Crippen LogP contribution in [-0.4, -0.2) is 62.1 Å². The second-order valence-corrected chi connectivity index (χ2v) is 7.29. The van der Waals surface area contributed by atoms with Gasteiger partial charge >= 0.3 is 0 Å². The van der Waals surface area contributed by atoms with E-state index in [4.69, 9.17) is 4.74 Å². The van der Waals surface area contributed by atoms with E-state index >= 15 is 0 Å². The van der Waals surface area contributed by atoms with Gasteiger partial charge in [-0.2, -0.15) is 0 Å². The van der Waals surface area contributed by atoms with Crippen LogP contribution in [0.3, 0.4) is 0 Å². The molecule has 2 amide bonds. The zero-order valence-corrected chi connectivity index (χ0v) is 18.3. The molecule has 2 fully saturated rings. The van der Waals surface area contributed by atoms with Crippen molar-refractivity contribution >= 4 is 48.0 Å². The molecule has 1 atom stereocenters. The van der Waals surface area contributed by atoms with Crippen LogP contribution in [0.1, 0.15) is 32.1 Å². The number of hydrogen-bond donors (Lipinski definition) is 3. The summed E-state index contributed by atoms with van der Waals surface area (Å²) in [6.45, 7) is 4.48. The number of anilines is 2. The van der Waals surface area contributed by atoms with E-state index in [0.29, 0.717) is 26.2 Å². The first-order valence-corrected chi connectivity index (χ1v) is 9.92. The number of nitrogens with one attached hydrogen (secondary N) is 3. The molecule has 29 heavy (non-hydrogen) atoms. The Morgan fingerprint density at radius 3 is 2.10 bits per heavy atom. The lowest BCUT2D eigenvalue weighted by Crippen LogP contribution is -2.43. The quantitative estimate of drug-likeness (QED) is 0.625. The van der Waals surface area contributed by atoms with Crippen molar-refractivity contribution in [1.82, 2.24) is 10.2 Å². The van der Waals surface area contributed by atoms with Crippen LogP contribution in [0.4, 0.5) is 11.4 Å². The average Bonchev–Trinajstić information content (AvgIpc) is 2.93. The van der Waals surface area contributed by atoms with Gasteiger partial charge in [0.05, 0.1) is 19.8 Å². The Morgan fingerprint density at radius 2 is 1.55 bits per heavy atom. The molecule has 0 aromatic heterocycles. The summed E-state index contributed by atoms with van der Waals surface area (Å²) >= 11 is 0. The third-order valence-electron chi connectivity index (χ3n) is 4.95. The lowest BCUT2D eigenvalue weighted by molar-refractivity contribution is -0.118. The Hall–Kier alpha value is -1.38. The van der Waals surface area contributed by atoms with Gasteiger partial charge in [-0.25, -0.2) is 0 Å². The first-order valence-electron chi connectivity index (χ1n) is 9.92. The minimum atomic E-state index is -0.0454. The summed E-state index contributed by atoms with van der Waals surface area (Å²) in [5.74, 6) is -0.0343. The molecule has 0 aliphatic carbocycles. The minimum Gasteiger partial charge on any atom is -0.378 e. The third-order valence-corrected chi connectivity index (χ3v) is 4.95. The van der Waals surface area contributed by atoms with E-state index in [1.165, 1.54) is 25.7 Å². The van der Waals surface area contributed by atoms with Gasteiger partial charge in [0.1, 0.15) is 0 Å². The van der Waals surface area contributed by atoms with Gasteiger partial charge < -0.3 is 20.7 Å². The predicted octanol–water partition coefficient (Wildman–Crippen LogP) is 2.66. The van der Waals surface area contributed by atoms with Gasteiger partial charge in [-0.05, 0) is 50.2 Å². The summed E-state index contributed by atoms with van der Waals surface area (Å²) in [4.78, 5) is 26.6. The van der Waals surface area contributed by atoms with Gasteiger partial charge in [-0.1, -0.05) is 12.8 Å². The van der Waals surface area contributed by atoms with E-state index < -0.39 is 0 Å². The number of hydrogen-bond acceptors (Lipinski definition) is 5. The molecular weight excluding hydrogens is 415 g/mol.